The topological polar surface area (TPSA) is 80.5 Å². The highest BCUT2D eigenvalue weighted by atomic mass is 32.1. The molecule has 0 spiro atoms. The summed E-state index contributed by atoms with van der Waals surface area (Å²) in [7, 11) is 0. The molecular formula is C18H12N2O4S. The van der Waals surface area contributed by atoms with Gasteiger partial charge in [0.1, 0.15) is 5.69 Å². The number of thiophene rings is 1. The molecule has 0 fully saturated rings. The molecule has 4 rings (SSSR count). The summed E-state index contributed by atoms with van der Waals surface area (Å²) in [4.78, 5) is 37.7. The van der Waals surface area contributed by atoms with Crippen LogP contribution >= 0.6 is 11.3 Å². The summed E-state index contributed by atoms with van der Waals surface area (Å²) in [6.45, 7) is 1.81. The van der Waals surface area contributed by atoms with E-state index in [0.29, 0.717) is 5.56 Å². The predicted molar refractivity (Wildman–Crippen MR) is 95.2 cm³/mol. The number of benzene rings is 2. The summed E-state index contributed by atoms with van der Waals surface area (Å²) in [6, 6.07) is 12.7. The van der Waals surface area contributed by atoms with E-state index in [1.807, 2.05) is 30.3 Å². The van der Waals surface area contributed by atoms with Crippen molar-refractivity contribution >= 4 is 44.5 Å². The van der Waals surface area contributed by atoms with Crippen LogP contribution in [-0.4, -0.2) is 16.6 Å². The summed E-state index contributed by atoms with van der Waals surface area (Å²) in [5, 5.41) is 12.5. The molecule has 0 unspecified atom stereocenters. The molecule has 2 aromatic carbocycles. The molecule has 7 heteroatoms. The Kier molecular flexibility index (Phi) is 3.40. The average Bonchev–Trinajstić information content (AvgIpc) is 3.09. The van der Waals surface area contributed by atoms with Crippen molar-refractivity contribution in [3.8, 4) is 0 Å². The number of Topliss-reactive ketones (excluding diaryl/α,β-unsaturated/α-hetero) is 1. The van der Waals surface area contributed by atoms with Crippen LogP contribution in [0.15, 0.2) is 42.5 Å². The van der Waals surface area contributed by atoms with E-state index in [1.54, 1.807) is 6.92 Å². The number of anilines is 1. The first-order valence-electron chi connectivity index (χ1n) is 7.58. The molecule has 1 aliphatic rings. The van der Waals surface area contributed by atoms with Crippen LogP contribution in [0, 0.1) is 17.0 Å². The quantitative estimate of drug-likeness (QED) is 0.407. The number of hydrogen-bond acceptors (Lipinski definition) is 5. The number of carbonyl (C=O) groups excluding carboxylic acids is 2. The van der Waals surface area contributed by atoms with Gasteiger partial charge in [-0.1, -0.05) is 18.2 Å². The molecule has 0 aliphatic carbocycles. The Hall–Kier alpha value is -3.06. The van der Waals surface area contributed by atoms with Crippen molar-refractivity contribution in [3.63, 3.8) is 0 Å². The van der Waals surface area contributed by atoms with Gasteiger partial charge in [0.05, 0.1) is 17.0 Å². The zero-order valence-corrected chi connectivity index (χ0v) is 14.0. The third-order valence-electron chi connectivity index (χ3n) is 4.18. The van der Waals surface area contributed by atoms with Crippen molar-refractivity contribution in [2.75, 3.05) is 4.90 Å². The van der Waals surface area contributed by atoms with E-state index in [9.17, 15) is 19.7 Å². The fourth-order valence-electron chi connectivity index (χ4n) is 3.12. The van der Waals surface area contributed by atoms with Crippen molar-refractivity contribution in [2.24, 2.45) is 0 Å². The Morgan fingerprint density at radius 1 is 1.16 bits per heavy atom. The predicted octanol–water partition coefficient (Wildman–Crippen LogP) is 3.85. The fourth-order valence-corrected chi connectivity index (χ4v) is 4.17. The average molecular weight is 352 g/mol. The maximum atomic E-state index is 12.4. The Morgan fingerprint density at radius 3 is 2.64 bits per heavy atom. The number of nitro benzene ring substituents is 1. The maximum absolute atomic E-state index is 12.4. The molecule has 0 saturated carbocycles. The maximum Gasteiger partial charge on any atom is 0.300 e. The summed E-state index contributed by atoms with van der Waals surface area (Å²) in [6.07, 6.45) is 0. The zero-order chi connectivity index (χ0) is 17.7. The highest BCUT2D eigenvalue weighted by Crippen LogP contribution is 2.40. The third-order valence-corrected chi connectivity index (χ3v) is 5.28. The third kappa shape index (κ3) is 2.40. The highest BCUT2D eigenvalue weighted by molar-refractivity contribution is 7.19. The monoisotopic (exact) mass is 352 g/mol. The molecule has 1 aromatic heterocycles. The van der Waals surface area contributed by atoms with Crippen LogP contribution in [-0.2, 0) is 11.3 Å². The molecule has 25 heavy (non-hydrogen) atoms. The molecule has 6 nitrogen and oxygen atoms in total. The molecule has 0 N–H and O–H groups in total. The van der Waals surface area contributed by atoms with Crippen LogP contribution < -0.4 is 4.90 Å². The Labute approximate surface area is 146 Å². The van der Waals surface area contributed by atoms with Gasteiger partial charge in [0.25, 0.3) is 17.4 Å². The molecule has 124 valence electrons. The van der Waals surface area contributed by atoms with E-state index < -0.39 is 16.6 Å². The standard InChI is InChI=1S/C18H12N2O4S/c1-10-6-13-16(14(7-10)20(23)24)19(18(22)17(13)21)9-12-8-11-4-2-3-5-15(11)25-12/h2-8H,9H2,1H3. The van der Waals surface area contributed by atoms with Crippen LogP contribution in [0.3, 0.4) is 0 Å². The van der Waals surface area contributed by atoms with Crippen molar-refractivity contribution in [2.45, 2.75) is 13.5 Å². The first-order chi connectivity index (χ1) is 12.0. The number of fused-ring (bicyclic) bond motifs is 2. The van der Waals surface area contributed by atoms with Gasteiger partial charge < -0.3 is 0 Å². The number of aryl methyl sites for hydroxylation is 1. The zero-order valence-electron chi connectivity index (χ0n) is 13.2. The second-order valence-electron chi connectivity index (χ2n) is 5.91. The fraction of sp³-hybridized carbons (Fsp3) is 0.111. The minimum absolute atomic E-state index is 0.100. The molecule has 0 atom stereocenters. The largest absolute Gasteiger partial charge is 0.300 e. The van der Waals surface area contributed by atoms with Crippen LogP contribution in [0.5, 0.6) is 0 Å². The van der Waals surface area contributed by atoms with E-state index >= 15 is 0 Å². The lowest BCUT2D eigenvalue weighted by atomic mass is 10.1. The number of amides is 1. The Balaban J connectivity index is 1.82. The van der Waals surface area contributed by atoms with Crippen molar-refractivity contribution < 1.29 is 14.5 Å². The summed E-state index contributed by atoms with van der Waals surface area (Å²) in [5.74, 6) is -1.41. The van der Waals surface area contributed by atoms with Gasteiger partial charge in [-0.3, -0.25) is 24.6 Å². The highest BCUT2D eigenvalue weighted by Gasteiger charge is 2.41. The SMILES string of the molecule is Cc1cc2c(c([N+](=O)[O-])c1)N(Cc1cc3ccccc3s1)C(=O)C2=O. The second kappa shape index (κ2) is 5.49. The van der Waals surface area contributed by atoms with E-state index in [0.717, 1.165) is 15.0 Å². The van der Waals surface area contributed by atoms with Gasteiger partial charge in [-0.25, -0.2) is 0 Å². The van der Waals surface area contributed by atoms with Gasteiger partial charge in [-0.15, -0.1) is 11.3 Å². The summed E-state index contributed by atoms with van der Waals surface area (Å²) < 4.78 is 1.06. The van der Waals surface area contributed by atoms with Crippen LogP contribution in [0.1, 0.15) is 20.8 Å². The van der Waals surface area contributed by atoms with Gasteiger partial charge in [0.2, 0.25) is 0 Å². The summed E-state index contributed by atoms with van der Waals surface area (Å²) in [5.41, 5.74) is 0.575. The van der Waals surface area contributed by atoms with Crippen LogP contribution in [0.25, 0.3) is 10.1 Å². The normalized spacial score (nSPS) is 13.6. The van der Waals surface area contributed by atoms with E-state index in [1.165, 1.54) is 28.4 Å². The molecule has 0 bridgehead atoms. The second-order valence-corrected chi connectivity index (χ2v) is 7.08. The molecule has 1 amide bonds. The van der Waals surface area contributed by atoms with E-state index in [-0.39, 0.29) is 23.5 Å². The van der Waals surface area contributed by atoms with Crippen molar-refractivity contribution in [1.29, 1.82) is 0 Å². The number of carbonyl (C=O) groups is 2. The Bertz CT molecular complexity index is 1040. The number of hydrogen-bond donors (Lipinski definition) is 0. The molecule has 2 heterocycles. The first-order valence-corrected chi connectivity index (χ1v) is 8.40. The van der Waals surface area contributed by atoms with Gasteiger partial charge in [0.15, 0.2) is 0 Å². The minimum atomic E-state index is -0.721. The molecule has 3 aromatic rings. The lowest BCUT2D eigenvalue weighted by molar-refractivity contribution is -0.384. The number of nitrogens with zero attached hydrogens (tertiary/aromatic N) is 2. The summed E-state index contributed by atoms with van der Waals surface area (Å²) >= 11 is 1.50. The molecule has 0 saturated heterocycles. The van der Waals surface area contributed by atoms with Crippen molar-refractivity contribution in [3.05, 3.63) is 68.6 Å². The smallest absolute Gasteiger partial charge is 0.294 e. The van der Waals surface area contributed by atoms with Gasteiger partial charge in [-0.2, -0.15) is 0 Å². The Morgan fingerprint density at radius 2 is 1.92 bits per heavy atom. The molecule has 0 radical (unpaired) electrons. The van der Waals surface area contributed by atoms with Gasteiger partial charge in [0, 0.05) is 15.6 Å². The lowest BCUT2D eigenvalue weighted by Crippen LogP contribution is -2.29. The minimum Gasteiger partial charge on any atom is -0.294 e. The van der Waals surface area contributed by atoms with Crippen LogP contribution in [0.4, 0.5) is 11.4 Å². The van der Waals surface area contributed by atoms with Crippen molar-refractivity contribution in [1.82, 2.24) is 0 Å². The first kappa shape index (κ1) is 15.5. The van der Waals surface area contributed by atoms with Gasteiger partial charge >= 0.3 is 0 Å². The number of ketones is 1. The van der Waals surface area contributed by atoms with E-state index in [4.69, 9.17) is 0 Å². The van der Waals surface area contributed by atoms with Crippen LogP contribution in [0.2, 0.25) is 0 Å². The molecular weight excluding hydrogens is 340 g/mol. The lowest BCUT2D eigenvalue weighted by Gasteiger charge is -2.15. The van der Waals surface area contributed by atoms with Gasteiger partial charge in [-0.05, 0) is 36.1 Å². The number of nitro groups is 1. The molecule has 1 aliphatic heterocycles. The number of rotatable bonds is 3. The van der Waals surface area contributed by atoms with E-state index in [2.05, 4.69) is 0 Å².